The van der Waals surface area contributed by atoms with Crippen LogP contribution in [0.25, 0.3) is 0 Å². The fourth-order valence-corrected chi connectivity index (χ4v) is 2.54. The van der Waals surface area contributed by atoms with Gasteiger partial charge < -0.3 is 10.5 Å². The van der Waals surface area contributed by atoms with Gasteiger partial charge in [-0.15, -0.1) is 0 Å². The van der Waals surface area contributed by atoms with Gasteiger partial charge in [0.2, 0.25) is 0 Å². The number of nitrogens with zero attached hydrogens (tertiary/aromatic N) is 1. The van der Waals surface area contributed by atoms with Crippen molar-refractivity contribution in [2.45, 2.75) is 38.4 Å². The first-order valence-corrected chi connectivity index (χ1v) is 6.32. The first-order chi connectivity index (χ1) is 8.20. The number of piperidine rings is 1. The maximum absolute atomic E-state index is 5.99. The predicted molar refractivity (Wildman–Crippen MR) is 70.1 cm³/mol. The standard InChI is InChI=1S/C14H22N2O/c1-11-9-13(15)7-8-16(11)10-12-5-3-4-6-14(12)17-2/h3-6,11,13H,7-10,15H2,1-2H3. The average Bonchev–Trinajstić information content (AvgIpc) is 2.33. The fourth-order valence-electron chi connectivity index (χ4n) is 2.54. The Kier molecular flexibility index (Phi) is 4.02. The van der Waals surface area contributed by atoms with Crippen molar-refractivity contribution in [3.8, 4) is 5.75 Å². The summed E-state index contributed by atoms with van der Waals surface area (Å²) in [7, 11) is 1.73. The van der Waals surface area contributed by atoms with Gasteiger partial charge in [-0.1, -0.05) is 18.2 Å². The van der Waals surface area contributed by atoms with Gasteiger partial charge in [0, 0.05) is 30.7 Å². The molecule has 1 heterocycles. The van der Waals surface area contributed by atoms with Gasteiger partial charge >= 0.3 is 0 Å². The Morgan fingerprint density at radius 2 is 2.18 bits per heavy atom. The number of methoxy groups -OCH3 is 1. The third-order valence-corrected chi connectivity index (χ3v) is 3.62. The second kappa shape index (κ2) is 5.52. The molecule has 1 aliphatic rings. The van der Waals surface area contributed by atoms with Gasteiger partial charge in [-0.3, -0.25) is 4.90 Å². The number of benzene rings is 1. The SMILES string of the molecule is COc1ccccc1CN1CCC(N)CC1C. The molecule has 1 fully saturated rings. The van der Waals surface area contributed by atoms with Gasteiger partial charge in [0.1, 0.15) is 5.75 Å². The highest BCUT2D eigenvalue weighted by molar-refractivity contribution is 5.33. The molecule has 3 nitrogen and oxygen atoms in total. The zero-order chi connectivity index (χ0) is 12.3. The topological polar surface area (TPSA) is 38.5 Å². The Labute approximate surface area is 104 Å². The summed E-state index contributed by atoms with van der Waals surface area (Å²) in [5, 5.41) is 0. The molecule has 2 N–H and O–H groups in total. The van der Waals surface area contributed by atoms with E-state index in [-0.39, 0.29) is 0 Å². The highest BCUT2D eigenvalue weighted by atomic mass is 16.5. The van der Waals surface area contributed by atoms with Crippen molar-refractivity contribution in [3.63, 3.8) is 0 Å². The van der Waals surface area contributed by atoms with Crippen molar-refractivity contribution >= 4 is 0 Å². The van der Waals surface area contributed by atoms with Gasteiger partial charge in [-0.25, -0.2) is 0 Å². The van der Waals surface area contributed by atoms with Gasteiger partial charge in [-0.05, 0) is 25.8 Å². The summed E-state index contributed by atoms with van der Waals surface area (Å²) in [6.45, 7) is 4.30. The Morgan fingerprint density at radius 1 is 1.41 bits per heavy atom. The number of hydrogen-bond acceptors (Lipinski definition) is 3. The van der Waals surface area contributed by atoms with Crippen molar-refractivity contribution in [2.75, 3.05) is 13.7 Å². The van der Waals surface area contributed by atoms with E-state index in [9.17, 15) is 0 Å². The molecule has 1 aliphatic heterocycles. The van der Waals surface area contributed by atoms with Crippen molar-refractivity contribution < 1.29 is 4.74 Å². The monoisotopic (exact) mass is 234 g/mol. The number of para-hydroxylation sites is 1. The molecule has 1 aromatic carbocycles. The lowest BCUT2D eigenvalue weighted by atomic mass is 9.98. The van der Waals surface area contributed by atoms with Crippen LogP contribution in [0.5, 0.6) is 5.75 Å². The minimum absolute atomic E-state index is 0.374. The summed E-state index contributed by atoms with van der Waals surface area (Å²) in [4.78, 5) is 2.49. The second-order valence-corrected chi connectivity index (χ2v) is 4.92. The van der Waals surface area contributed by atoms with E-state index in [0.29, 0.717) is 12.1 Å². The minimum atomic E-state index is 0.374. The van der Waals surface area contributed by atoms with Crippen LogP contribution in [-0.2, 0) is 6.54 Å². The zero-order valence-electron chi connectivity index (χ0n) is 10.7. The number of nitrogens with two attached hydrogens (primary N) is 1. The third kappa shape index (κ3) is 2.99. The van der Waals surface area contributed by atoms with Gasteiger partial charge in [0.15, 0.2) is 0 Å². The molecule has 94 valence electrons. The normalized spacial score (nSPS) is 25.8. The Morgan fingerprint density at radius 3 is 2.88 bits per heavy atom. The third-order valence-electron chi connectivity index (χ3n) is 3.62. The molecular formula is C14H22N2O. The molecule has 1 saturated heterocycles. The largest absolute Gasteiger partial charge is 0.496 e. The summed E-state index contributed by atoms with van der Waals surface area (Å²) in [6, 6.07) is 9.17. The smallest absolute Gasteiger partial charge is 0.123 e. The van der Waals surface area contributed by atoms with Gasteiger partial charge in [-0.2, -0.15) is 0 Å². The van der Waals surface area contributed by atoms with Crippen LogP contribution in [0, 0.1) is 0 Å². The van der Waals surface area contributed by atoms with Crippen LogP contribution in [0.1, 0.15) is 25.3 Å². The summed E-state index contributed by atoms with van der Waals surface area (Å²) >= 11 is 0. The minimum Gasteiger partial charge on any atom is -0.496 e. The molecular weight excluding hydrogens is 212 g/mol. The van der Waals surface area contributed by atoms with Crippen LogP contribution in [0.2, 0.25) is 0 Å². The fraction of sp³-hybridized carbons (Fsp3) is 0.571. The van der Waals surface area contributed by atoms with Crippen molar-refractivity contribution in [3.05, 3.63) is 29.8 Å². The van der Waals surface area contributed by atoms with Crippen LogP contribution in [0.15, 0.2) is 24.3 Å². The van der Waals surface area contributed by atoms with Crippen molar-refractivity contribution in [2.24, 2.45) is 5.73 Å². The maximum Gasteiger partial charge on any atom is 0.123 e. The number of hydrogen-bond donors (Lipinski definition) is 1. The highest BCUT2D eigenvalue weighted by Crippen LogP contribution is 2.23. The lowest BCUT2D eigenvalue weighted by Gasteiger charge is -2.36. The second-order valence-electron chi connectivity index (χ2n) is 4.92. The highest BCUT2D eigenvalue weighted by Gasteiger charge is 2.23. The quantitative estimate of drug-likeness (QED) is 0.869. The molecule has 0 aliphatic carbocycles. The molecule has 0 radical (unpaired) electrons. The molecule has 2 atom stereocenters. The summed E-state index contributed by atoms with van der Waals surface area (Å²) in [5.41, 5.74) is 7.25. The molecule has 0 amide bonds. The van der Waals surface area contributed by atoms with E-state index in [4.69, 9.17) is 10.5 Å². The molecule has 0 spiro atoms. The van der Waals surface area contributed by atoms with Crippen molar-refractivity contribution in [1.29, 1.82) is 0 Å². The van der Waals surface area contributed by atoms with E-state index in [2.05, 4.69) is 24.0 Å². The van der Waals surface area contributed by atoms with Crippen LogP contribution < -0.4 is 10.5 Å². The van der Waals surface area contributed by atoms with Gasteiger partial charge in [0.25, 0.3) is 0 Å². The number of likely N-dealkylation sites (tertiary alicyclic amines) is 1. The Balaban J connectivity index is 2.05. The lowest BCUT2D eigenvalue weighted by molar-refractivity contribution is 0.138. The summed E-state index contributed by atoms with van der Waals surface area (Å²) < 4.78 is 5.39. The van der Waals surface area contributed by atoms with Gasteiger partial charge in [0.05, 0.1) is 7.11 Å². The van der Waals surface area contributed by atoms with E-state index in [1.165, 1.54) is 5.56 Å². The van der Waals surface area contributed by atoms with Crippen molar-refractivity contribution in [1.82, 2.24) is 4.90 Å². The van der Waals surface area contributed by atoms with Crippen LogP contribution in [0.4, 0.5) is 0 Å². The molecule has 0 aromatic heterocycles. The molecule has 1 aromatic rings. The lowest BCUT2D eigenvalue weighted by Crippen LogP contribution is -2.44. The predicted octanol–water partition coefficient (Wildman–Crippen LogP) is 2.01. The number of rotatable bonds is 3. The average molecular weight is 234 g/mol. The first kappa shape index (κ1) is 12.4. The molecule has 2 rings (SSSR count). The summed E-state index contributed by atoms with van der Waals surface area (Å²) in [6.07, 6.45) is 2.19. The maximum atomic E-state index is 5.99. The molecule has 17 heavy (non-hydrogen) atoms. The Hall–Kier alpha value is -1.06. The first-order valence-electron chi connectivity index (χ1n) is 6.32. The van der Waals surface area contributed by atoms with E-state index >= 15 is 0 Å². The molecule has 0 saturated carbocycles. The van der Waals surface area contributed by atoms with E-state index in [1.807, 2.05) is 12.1 Å². The van der Waals surface area contributed by atoms with Crippen LogP contribution in [0.3, 0.4) is 0 Å². The molecule has 2 unspecified atom stereocenters. The van der Waals surface area contributed by atoms with E-state index < -0.39 is 0 Å². The molecule has 0 bridgehead atoms. The zero-order valence-corrected chi connectivity index (χ0v) is 10.7. The van der Waals surface area contributed by atoms with Crippen LogP contribution in [-0.4, -0.2) is 30.6 Å². The van der Waals surface area contributed by atoms with Crippen LogP contribution >= 0.6 is 0 Å². The summed E-state index contributed by atoms with van der Waals surface area (Å²) in [5.74, 6) is 0.981. The van der Waals surface area contributed by atoms with E-state index in [0.717, 1.165) is 31.7 Å². The number of ether oxygens (including phenoxy) is 1. The molecule has 3 heteroatoms. The van der Waals surface area contributed by atoms with E-state index in [1.54, 1.807) is 7.11 Å². The Bertz CT molecular complexity index is 367.